The highest BCUT2D eigenvalue weighted by molar-refractivity contribution is 8.19. The number of thiophene rings is 1. The number of esters is 1. The van der Waals surface area contributed by atoms with Crippen LogP contribution in [-0.4, -0.2) is 28.2 Å². The lowest BCUT2D eigenvalue weighted by Gasteiger charge is -2.16. The summed E-state index contributed by atoms with van der Waals surface area (Å²) < 4.78 is 7.51. The van der Waals surface area contributed by atoms with E-state index in [9.17, 15) is 9.59 Å². The lowest BCUT2D eigenvalue weighted by molar-refractivity contribution is -0.113. The molecule has 0 radical (unpaired) electrons. The number of hydrogen-bond donors (Lipinski definition) is 0. The van der Waals surface area contributed by atoms with Crippen LogP contribution in [0, 0.1) is 27.7 Å². The normalized spacial score (nSPS) is 15.2. The van der Waals surface area contributed by atoms with E-state index in [1.807, 2.05) is 65.0 Å². The van der Waals surface area contributed by atoms with Gasteiger partial charge in [-0.2, -0.15) is 0 Å². The Morgan fingerprint density at radius 3 is 2.16 bits per heavy atom. The van der Waals surface area contributed by atoms with Gasteiger partial charge in [-0.1, -0.05) is 38.1 Å². The zero-order chi connectivity index (χ0) is 30.8. The fraction of sp³-hybridized carbons (Fsp3) is 0.286. The molecule has 1 fully saturated rings. The predicted molar refractivity (Wildman–Crippen MR) is 180 cm³/mol. The molecule has 6 nitrogen and oxygen atoms in total. The highest BCUT2D eigenvalue weighted by Gasteiger charge is 2.35. The summed E-state index contributed by atoms with van der Waals surface area (Å²) in [6.45, 7) is 14.4. The maximum absolute atomic E-state index is 14.0. The van der Waals surface area contributed by atoms with Crippen molar-refractivity contribution in [3.05, 3.63) is 104 Å². The van der Waals surface area contributed by atoms with Gasteiger partial charge in [0.05, 0.1) is 28.5 Å². The Morgan fingerprint density at radius 1 is 0.930 bits per heavy atom. The van der Waals surface area contributed by atoms with Gasteiger partial charge in [-0.05, 0) is 118 Å². The number of rotatable bonds is 8. The van der Waals surface area contributed by atoms with Gasteiger partial charge >= 0.3 is 5.97 Å². The van der Waals surface area contributed by atoms with Crippen LogP contribution in [0.2, 0.25) is 0 Å². The molecule has 8 heteroatoms. The standard InChI is InChI=1S/C35H37N3O3S2/c1-8-25-11-15-28(16-12-25)36-35-38(29-17-13-26(9-2)14-18-29)32(39)30(43-35)20-27-19-21(4)37(23(27)6)33-31(34(40)41-10-3)22(5)24(7)42-33/h11-20H,8-10H2,1-7H3/b30-20-,36-35?. The second kappa shape index (κ2) is 12.8. The first-order chi connectivity index (χ1) is 20.7. The molecular formula is C35H37N3O3S2. The maximum atomic E-state index is 14.0. The molecule has 3 heterocycles. The quantitative estimate of drug-likeness (QED) is 0.147. The van der Waals surface area contributed by atoms with Crippen molar-refractivity contribution in [3.63, 3.8) is 0 Å². The molecule has 4 aromatic rings. The van der Waals surface area contributed by atoms with E-state index in [0.717, 1.165) is 56.6 Å². The number of ether oxygens (including phenoxy) is 1. The average molecular weight is 612 g/mol. The van der Waals surface area contributed by atoms with Gasteiger partial charge in [0, 0.05) is 16.3 Å². The first kappa shape index (κ1) is 30.6. The van der Waals surface area contributed by atoms with E-state index >= 15 is 0 Å². The van der Waals surface area contributed by atoms with Gasteiger partial charge in [-0.25, -0.2) is 9.79 Å². The van der Waals surface area contributed by atoms with Crippen LogP contribution in [0.15, 0.2) is 64.5 Å². The van der Waals surface area contributed by atoms with Crippen LogP contribution in [-0.2, 0) is 22.4 Å². The Kier molecular flexibility index (Phi) is 9.08. The van der Waals surface area contributed by atoms with Gasteiger partial charge in [-0.3, -0.25) is 9.69 Å². The Bertz CT molecular complexity index is 1740. The van der Waals surface area contributed by atoms with Crippen LogP contribution in [0.1, 0.15) is 69.6 Å². The molecule has 222 valence electrons. The number of anilines is 1. The summed E-state index contributed by atoms with van der Waals surface area (Å²) in [5.41, 5.74) is 8.42. The van der Waals surface area contributed by atoms with Crippen LogP contribution in [0.4, 0.5) is 11.4 Å². The highest BCUT2D eigenvalue weighted by atomic mass is 32.2. The summed E-state index contributed by atoms with van der Waals surface area (Å²) in [4.78, 5) is 35.2. The van der Waals surface area contributed by atoms with Crippen molar-refractivity contribution in [2.24, 2.45) is 4.99 Å². The molecule has 1 saturated heterocycles. The third kappa shape index (κ3) is 5.99. The zero-order valence-corrected chi connectivity index (χ0v) is 27.4. The van der Waals surface area contributed by atoms with Crippen LogP contribution in [0.3, 0.4) is 0 Å². The van der Waals surface area contributed by atoms with E-state index in [2.05, 4.69) is 48.7 Å². The number of hydrogen-bond acceptors (Lipinski definition) is 6. The average Bonchev–Trinajstić information content (AvgIpc) is 3.57. The van der Waals surface area contributed by atoms with Gasteiger partial charge in [-0.15, -0.1) is 11.3 Å². The molecule has 1 amide bonds. The minimum Gasteiger partial charge on any atom is -0.462 e. The number of thioether (sulfide) groups is 1. The topological polar surface area (TPSA) is 63.9 Å². The van der Waals surface area contributed by atoms with E-state index in [-0.39, 0.29) is 11.9 Å². The van der Waals surface area contributed by atoms with Gasteiger partial charge in [0.2, 0.25) is 0 Å². The molecule has 5 rings (SSSR count). The van der Waals surface area contributed by atoms with Gasteiger partial charge in [0.1, 0.15) is 5.00 Å². The lowest BCUT2D eigenvalue weighted by Crippen LogP contribution is -2.28. The van der Waals surface area contributed by atoms with Crippen LogP contribution in [0.25, 0.3) is 11.1 Å². The van der Waals surface area contributed by atoms with Crippen LogP contribution >= 0.6 is 23.1 Å². The molecule has 0 saturated carbocycles. The molecule has 0 spiro atoms. The summed E-state index contributed by atoms with van der Waals surface area (Å²) >= 11 is 2.96. The van der Waals surface area contributed by atoms with Gasteiger partial charge < -0.3 is 9.30 Å². The molecule has 0 unspecified atom stereocenters. The second-order valence-corrected chi connectivity index (χ2v) is 12.7. The number of aromatic nitrogens is 1. The van der Waals surface area contributed by atoms with Crippen molar-refractivity contribution >= 4 is 57.6 Å². The molecule has 43 heavy (non-hydrogen) atoms. The van der Waals surface area contributed by atoms with Crippen molar-refractivity contribution in [2.45, 2.75) is 61.3 Å². The molecular weight excluding hydrogens is 575 g/mol. The zero-order valence-electron chi connectivity index (χ0n) is 25.8. The van der Waals surface area contributed by atoms with E-state index in [1.54, 1.807) is 16.2 Å². The van der Waals surface area contributed by atoms with E-state index in [0.29, 0.717) is 22.2 Å². The lowest BCUT2D eigenvalue weighted by atomic mass is 10.1. The minimum absolute atomic E-state index is 0.113. The van der Waals surface area contributed by atoms with E-state index in [4.69, 9.17) is 9.73 Å². The number of carbonyl (C=O) groups is 2. The Hall–Kier alpha value is -3.88. The monoisotopic (exact) mass is 611 g/mol. The number of aryl methyl sites for hydroxylation is 4. The van der Waals surface area contributed by atoms with Crippen molar-refractivity contribution in [3.8, 4) is 5.00 Å². The molecule has 0 aliphatic carbocycles. The summed E-state index contributed by atoms with van der Waals surface area (Å²) in [5, 5.41) is 1.46. The fourth-order valence-electron chi connectivity index (χ4n) is 5.17. The number of nitrogens with zero attached hydrogens (tertiary/aromatic N) is 3. The molecule has 0 atom stereocenters. The third-order valence-corrected chi connectivity index (χ3v) is 9.95. The minimum atomic E-state index is -0.314. The predicted octanol–water partition coefficient (Wildman–Crippen LogP) is 8.88. The first-order valence-electron chi connectivity index (χ1n) is 14.6. The second-order valence-electron chi connectivity index (χ2n) is 10.5. The van der Waals surface area contributed by atoms with Crippen LogP contribution < -0.4 is 4.90 Å². The van der Waals surface area contributed by atoms with Crippen molar-refractivity contribution in [1.29, 1.82) is 0 Å². The molecule has 1 aliphatic heterocycles. The van der Waals surface area contributed by atoms with Crippen molar-refractivity contribution < 1.29 is 14.3 Å². The maximum Gasteiger partial charge on any atom is 0.341 e. The van der Waals surface area contributed by atoms with Crippen molar-refractivity contribution in [1.82, 2.24) is 4.57 Å². The van der Waals surface area contributed by atoms with Gasteiger partial charge in [0.25, 0.3) is 5.91 Å². The molecule has 2 aromatic heterocycles. The number of carbonyl (C=O) groups excluding carboxylic acids is 2. The fourth-order valence-corrected chi connectivity index (χ4v) is 7.42. The van der Waals surface area contributed by atoms with E-state index in [1.165, 1.54) is 22.9 Å². The number of amides is 1. The first-order valence-corrected chi connectivity index (χ1v) is 16.3. The van der Waals surface area contributed by atoms with Gasteiger partial charge in [0.15, 0.2) is 5.17 Å². The highest BCUT2D eigenvalue weighted by Crippen LogP contribution is 2.39. The number of aliphatic imine (C=N–C) groups is 1. The number of benzene rings is 2. The SMILES string of the molecule is CCOC(=O)c1c(-n2c(C)cc(/C=C3\SC(=Nc4ccc(CC)cc4)N(c4ccc(CC)cc4)C3=O)c2C)sc(C)c1C. The number of amidine groups is 1. The smallest absolute Gasteiger partial charge is 0.341 e. The molecule has 0 N–H and O–H groups in total. The Morgan fingerprint density at radius 2 is 1.56 bits per heavy atom. The largest absolute Gasteiger partial charge is 0.462 e. The molecule has 1 aliphatic rings. The van der Waals surface area contributed by atoms with Crippen molar-refractivity contribution in [2.75, 3.05) is 11.5 Å². The summed E-state index contributed by atoms with van der Waals surface area (Å²) in [6.07, 6.45) is 3.83. The third-order valence-electron chi connectivity index (χ3n) is 7.78. The van der Waals surface area contributed by atoms with Crippen LogP contribution in [0.5, 0.6) is 0 Å². The van der Waals surface area contributed by atoms with E-state index < -0.39 is 0 Å². The molecule has 2 aromatic carbocycles. The summed E-state index contributed by atoms with van der Waals surface area (Å²) in [5.74, 6) is -0.427. The summed E-state index contributed by atoms with van der Waals surface area (Å²) in [6, 6.07) is 18.3. The Labute approximate surface area is 262 Å². The Balaban J connectivity index is 1.58. The molecule has 0 bridgehead atoms. The summed E-state index contributed by atoms with van der Waals surface area (Å²) in [7, 11) is 0.